The van der Waals surface area contributed by atoms with Gasteiger partial charge in [-0.1, -0.05) is 78.9 Å². The average molecular weight is 541 g/mol. The van der Waals surface area contributed by atoms with Crippen molar-refractivity contribution in [2.24, 2.45) is 0 Å². The van der Waals surface area contributed by atoms with Crippen molar-refractivity contribution in [1.29, 1.82) is 0 Å². The normalized spacial score (nSPS) is 23.9. The van der Waals surface area contributed by atoms with Crippen LogP contribution in [0.25, 0.3) is 0 Å². The fourth-order valence-electron chi connectivity index (χ4n) is 4.16. The summed E-state index contributed by atoms with van der Waals surface area (Å²) in [7, 11) is -2.25. The number of sulfone groups is 1. The highest BCUT2D eigenvalue weighted by atomic mass is 32.2. The van der Waals surface area contributed by atoms with Crippen molar-refractivity contribution < 1.29 is 37.2 Å². The minimum Gasteiger partial charge on any atom is -0.492 e. The van der Waals surface area contributed by atoms with E-state index in [1.165, 1.54) is 19.2 Å². The molecule has 1 heterocycles. The van der Waals surface area contributed by atoms with Crippen molar-refractivity contribution in [2.75, 3.05) is 13.7 Å². The molecule has 0 spiro atoms. The van der Waals surface area contributed by atoms with Gasteiger partial charge in [-0.05, 0) is 23.3 Å². The Bertz CT molecular complexity index is 1240. The largest absolute Gasteiger partial charge is 0.492 e. The van der Waals surface area contributed by atoms with Crippen LogP contribution in [0.3, 0.4) is 0 Å². The van der Waals surface area contributed by atoms with E-state index in [1.54, 1.807) is 18.2 Å². The van der Waals surface area contributed by atoms with Crippen LogP contribution in [-0.4, -0.2) is 57.9 Å². The predicted octanol–water partition coefficient (Wildman–Crippen LogP) is 3.85. The first-order valence-corrected chi connectivity index (χ1v) is 13.8. The van der Waals surface area contributed by atoms with Crippen LogP contribution in [0.5, 0.6) is 0 Å². The maximum atomic E-state index is 12.7. The number of benzene rings is 3. The highest BCUT2D eigenvalue weighted by Gasteiger charge is 2.49. The fraction of sp³-hybridized carbons (Fsp3) is 0.310. The van der Waals surface area contributed by atoms with Crippen LogP contribution in [0, 0.1) is 0 Å². The number of hydrogen-bond acceptors (Lipinski definition) is 8. The highest BCUT2D eigenvalue weighted by molar-refractivity contribution is 7.94. The Morgan fingerprint density at radius 2 is 1.32 bits per heavy atom. The smallest absolute Gasteiger partial charge is 0.202 e. The number of aliphatic hydroxyl groups excluding tert-OH is 1. The lowest BCUT2D eigenvalue weighted by molar-refractivity contribution is -0.314. The number of rotatable bonds is 12. The van der Waals surface area contributed by atoms with E-state index < -0.39 is 47.2 Å². The van der Waals surface area contributed by atoms with Gasteiger partial charge >= 0.3 is 0 Å². The molecule has 5 unspecified atom stereocenters. The van der Waals surface area contributed by atoms with Crippen molar-refractivity contribution in [3.63, 3.8) is 0 Å². The summed E-state index contributed by atoms with van der Waals surface area (Å²) in [6.07, 6.45) is -3.01. The van der Waals surface area contributed by atoms with E-state index >= 15 is 0 Å². The molecule has 3 aromatic rings. The summed E-state index contributed by atoms with van der Waals surface area (Å²) in [6, 6.07) is 27.2. The molecular weight excluding hydrogens is 508 g/mol. The summed E-state index contributed by atoms with van der Waals surface area (Å²) >= 11 is 0. The van der Waals surface area contributed by atoms with Crippen molar-refractivity contribution in [3.8, 4) is 0 Å². The molecular formula is C29H32O8S. The maximum absolute atomic E-state index is 12.7. The van der Waals surface area contributed by atoms with Crippen LogP contribution < -0.4 is 0 Å². The molecule has 9 heteroatoms. The third-order valence-corrected chi connectivity index (χ3v) is 7.51. The summed E-state index contributed by atoms with van der Waals surface area (Å²) in [6.45, 7) is 0.0895. The summed E-state index contributed by atoms with van der Waals surface area (Å²) in [5.41, 5.74) is 1.87. The number of hydrogen-bond donors (Lipinski definition) is 1. The molecule has 0 bridgehead atoms. The average Bonchev–Trinajstić information content (AvgIpc) is 2.96. The molecule has 0 aliphatic carbocycles. The third kappa shape index (κ3) is 7.28. The molecule has 0 aromatic heterocycles. The molecule has 1 aliphatic rings. The molecule has 0 saturated carbocycles. The Balaban J connectivity index is 1.58. The second-order valence-electron chi connectivity index (χ2n) is 8.71. The topological polar surface area (TPSA) is 101 Å². The first-order chi connectivity index (χ1) is 18.5. The van der Waals surface area contributed by atoms with E-state index in [9.17, 15) is 13.5 Å². The molecule has 5 atom stereocenters. The van der Waals surface area contributed by atoms with Crippen LogP contribution in [0.1, 0.15) is 11.1 Å². The van der Waals surface area contributed by atoms with Gasteiger partial charge < -0.3 is 28.8 Å². The number of methoxy groups -OCH3 is 1. The van der Waals surface area contributed by atoms with Gasteiger partial charge in [0, 0.05) is 7.11 Å². The Kier molecular flexibility index (Phi) is 10.1. The van der Waals surface area contributed by atoms with E-state index in [2.05, 4.69) is 0 Å². The SMILES string of the molecule is COC1OC(CO)C(O/C=C/S(=O)(=O)c2ccccc2)C(OCc2ccccc2)C1OCc1ccccc1. The Labute approximate surface area is 223 Å². The Hall–Kier alpha value is -3.05. The molecule has 0 amide bonds. The molecule has 1 saturated heterocycles. The molecule has 1 N–H and O–H groups in total. The van der Waals surface area contributed by atoms with Gasteiger partial charge in [0.15, 0.2) is 12.4 Å². The monoisotopic (exact) mass is 540 g/mol. The summed E-state index contributed by atoms with van der Waals surface area (Å²) in [5.74, 6) is 0. The highest BCUT2D eigenvalue weighted by Crippen LogP contribution is 2.30. The molecule has 3 aromatic carbocycles. The fourth-order valence-corrected chi connectivity index (χ4v) is 5.07. The van der Waals surface area contributed by atoms with E-state index in [4.69, 9.17) is 23.7 Å². The van der Waals surface area contributed by atoms with Crippen molar-refractivity contribution in [3.05, 3.63) is 114 Å². The van der Waals surface area contributed by atoms with E-state index in [-0.39, 0.29) is 18.1 Å². The number of aliphatic hydroxyl groups is 1. The van der Waals surface area contributed by atoms with Crippen molar-refractivity contribution >= 4 is 9.84 Å². The van der Waals surface area contributed by atoms with Crippen LogP contribution in [0.15, 0.2) is 108 Å². The zero-order valence-electron chi connectivity index (χ0n) is 21.0. The van der Waals surface area contributed by atoms with Crippen LogP contribution in [0.4, 0.5) is 0 Å². The van der Waals surface area contributed by atoms with E-state index in [0.717, 1.165) is 22.8 Å². The molecule has 0 radical (unpaired) electrons. The van der Waals surface area contributed by atoms with Crippen LogP contribution in [0.2, 0.25) is 0 Å². The third-order valence-electron chi connectivity index (χ3n) is 6.12. The van der Waals surface area contributed by atoms with E-state index in [1.807, 2.05) is 60.7 Å². The molecule has 4 rings (SSSR count). The lowest BCUT2D eigenvalue weighted by Gasteiger charge is -2.44. The van der Waals surface area contributed by atoms with Crippen LogP contribution in [-0.2, 0) is 46.7 Å². The second kappa shape index (κ2) is 13.7. The van der Waals surface area contributed by atoms with Gasteiger partial charge in [-0.25, -0.2) is 8.42 Å². The number of ether oxygens (including phenoxy) is 5. The summed E-state index contributed by atoms with van der Waals surface area (Å²) in [5, 5.41) is 11.1. The summed E-state index contributed by atoms with van der Waals surface area (Å²) in [4.78, 5) is 0.138. The minimum absolute atomic E-state index is 0.138. The van der Waals surface area contributed by atoms with Gasteiger partial charge in [0.05, 0.1) is 36.4 Å². The van der Waals surface area contributed by atoms with Crippen molar-refractivity contribution in [1.82, 2.24) is 0 Å². The Morgan fingerprint density at radius 3 is 1.84 bits per heavy atom. The predicted molar refractivity (Wildman–Crippen MR) is 140 cm³/mol. The van der Waals surface area contributed by atoms with Gasteiger partial charge in [-0.15, -0.1) is 0 Å². The first kappa shape index (κ1) is 28.0. The lowest BCUT2D eigenvalue weighted by atomic mass is 9.98. The molecule has 38 heavy (non-hydrogen) atoms. The van der Waals surface area contributed by atoms with Gasteiger partial charge in [-0.2, -0.15) is 0 Å². The van der Waals surface area contributed by atoms with Gasteiger partial charge in [0.1, 0.15) is 18.3 Å². The van der Waals surface area contributed by atoms with Crippen molar-refractivity contribution in [2.45, 2.75) is 48.8 Å². The van der Waals surface area contributed by atoms with Crippen LogP contribution >= 0.6 is 0 Å². The quantitative estimate of drug-likeness (QED) is 0.346. The second-order valence-corrected chi connectivity index (χ2v) is 10.5. The molecule has 1 aliphatic heterocycles. The molecule has 1 fully saturated rings. The first-order valence-electron chi connectivity index (χ1n) is 12.2. The van der Waals surface area contributed by atoms with Gasteiger partial charge in [-0.3, -0.25) is 0 Å². The minimum atomic E-state index is -3.74. The lowest BCUT2D eigenvalue weighted by Crippen LogP contribution is -2.61. The zero-order valence-corrected chi connectivity index (χ0v) is 21.9. The standard InChI is InChI=1S/C29H32O8S/c1-33-29-28(36-21-23-13-7-3-8-14-23)27(35-20-22-11-5-2-6-12-22)26(25(19-30)37-29)34-17-18-38(31,32)24-15-9-4-10-16-24/h2-18,25-30H,19-21H2,1H3/b18-17+. The Morgan fingerprint density at radius 1 is 0.789 bits per heavy atom. The molecule has 202 valence electrons. The maximum Gasteiger partial charge on any atom is 0.202 e. The summed E-state index contributed by atoms with van der Waals surface area (Å²) < 4.78 is 55.4. The zero-order chi connectivity index (χ0) is 26.8. The molecule has 8 nitrogen and oxygen atoms in total. The van der Waals surface area contributed by atoms with E-state index in [0.29, 0.717) is 0 Å². The van der Waals surface area contributed by atoms with Gasteiger partial charge in [0.2, 0.25) is 9.84 Å². The van der Waals surface area contributed by atoms with Gasteiger partial charge in [0.25, 0.3) is 0 Å².